The highest BCUT2D eigenvalue weighted by atomic mass is 19.4. The molecule has 0 aromatic heterocycles. The van der Waals surface area contributed by atoms with Gasteiger partial charge in [0.15, 0.2) is 0 Å². The Hall–Kier alpha value is -3.81. The summed E-state index contributed by atoms with van der Waals surface area (Å²) in [4.78, 5) is 25.1. The van der Waals surface area contributed by atoms with E-state index in [-0.39, 0.29) is 18.4 Å². The molecule has 1 unspecified atom stereocenters. The highest BCUT2D eigenvalue weighted by molar-refractivity contribution is 5.98. The summed E-state index contributed by atoms with van der Waals surface area (Å²) >= 11 is 0. The molecule has 250 valence electrons. The fraction of sp³-hybridized carbons (Fsp3) is 0.474. The van der Waals surface area contributed by atoms with Crippen molar-refractivity contribution in [1.29, 1.82) is 0 Å². The largest absolute Gasteiger partial charge is 0.517 e. The van der Waals surface area contributed by atoms with Crippen LogP contribution in [0.2, 0.25) is 0 Å². The van der Waals surface area contributed by atoms with E-state index in [9.17, 15) is 22.8 Å². The Morgan fingerprint density at radius 2 is 1.26 bits per heavy atom. The lowest BCUT2D eigenvalue weighted by Crippen LogP contribution is -2.34. The number of benzene rings is 3. The summed E-state index contributed by atoms with van der Waals surface area (Å²) in [6, 6.07) is 21.8. The highest BCUT2D eigenvalue weighted by Gasteiger charge is 2.43. The zero-order valence-electron chi connectivity index (χ0n) is 27.1. The number of carbonyl (C=O) groups excluding carboxylic acids is 2. The van der Waals surface area contributed by atoms with E-state index in [1.807, 2.05) is 61.5 Å². The average Bonchev–Trinajstić information content (AvgIpc) is 3.05. The van der Waals surface area contributed by atoms with Gasteiger partial charge in [0.1, 0.15) is 5.75 Å². The van der Waals surface area contributed by atoms with Crippen molar-refractivity contribution in [3.8, 4) is 28.0 Å². The van der Waals surface area contributed by atoms with Crippen LogP contribution < -0.4 is 4.74 Å². The van der Waals surface area contributed by atoms with Gasteiger partial charge in [-0.1, -0.05) is 127 Å². The molecule has 0 aliphatic rings. The third-order valence-corrected chi connectivity index (χ3v) is 7.87. The molecule has 0 N–H and O–H groups in total. The number of rotatable bonds is 19. The van der Waals surface area contributed by atoms with Crippen LogP contribution in [0.4, 0.5) is 18.0 Å². The molecule has 0 aliphatic heterocycles. The monoisotopic (exact) mass is 640 g/mol. The minimum absolute atomic E-state index is 0.0105. The number of halogens is 3. The molecule has 3 rings (SSSR count). The first-order valence-electron chi connectivity index (χ1n) is 16.6. The van der Waals surface area contributed by atoms with Crippen molar-refractivity contribution in [3.63, 3.8) is 0 Å². The molecule has 1 atom stereocenters. The molecule has 0 bridgehead atoms. The zero-order valence-corrected chi connectivity index (χ0v) is 27.1. The van der Waals surface area contributed by atoms with E-state index in [4.69, 9.17) is 9.47 Å². The number of hydrogen-bond acceptors (Lipinski definition) is 5. The van der Waals surface area contributed by atoms with E-state index in [0.29, 0.717) is 18.6 Å². The molecule has 3 aromatic rings. The van der Waals surface area contributed by atoms with Gasteiger partial charge < -0.3 is 14.2 Å². The molecule has 3 aromatic carbocycles. The number of esters is 1. The predicted octanol–water partition coefficient (Wildman–Crippen LogP) is 11.7. The van der Waals surface area contributed by atoms with Gasteiger partial charge in [-0.2, -0.15) is 13.2 Å². The standard InChI is InChI=1S/C38H47F3O5/c1-3-5-7-9-10-11-12-17-27-44-32-24-21-30(22-25-32)33-26-23-31(28-34(33)29-18-14-13-15-19-29)36(42)46-37(43)45-35(38(39,40)41)20-16-8-6-4-2/h13-15,18-19,21-26,28,35H,3-12,16-17,20,27H2,1-2H3. The normalized spacial score (nSPS) is 12.0. The van der Waals surface area contributed by atoms with Gasteiger partial charge in [0, 0.05) is 0 Å². The molecule has 0 saturated carbocycles. The van der Waals surface area contributed by atoms with Crippen LogP contribution in [0, 0.1) is 0 Å². The van der Waals surface area contributed by atoms with Crippen LogP contribution in [0.25, 0.3) is 22.3 Å². The second-order valence-electron chi connectivity index (χ2n) is 11.6. The van der Waals surface area contributed by atoms with Gasteiger partial charge in [-0.05, 0) is 65.8 Å². The van der Waals surface area contributed by atoms with E-state index < -0.39 is 24.4 Å². The van der Waals surface area contributed by atoms with E-state index in [1.54, 1.807) is 12.1 Å². The predicted molar refractivity (Wildman–Crippen MR) is 176 cm³/mol. The molecule has 0 fully saturated rings. The van der Waals surface area contributed by atoms with E-state index in [0.717, 1.165) is 48.1 Å². The topological polar surface area (TPSA) is 61.8 Å². The van der Waals surface area contributed by atoms with Crippen LogP contribution in [-0.2, 0) is 9.47 Å². The van der Waals surface area contributed by atoms with E-state index in [2.05, 4.69) is 11.7 Å². The molecule has 0 heterocycles. The first-order chi connectivity index (χ1) is 22.2. The summed E-state index contributed by atoms with van der Waals surface area (Å²) < 4.78 is 55.5. The molecule has 5 nitrogen and oxygen atoms in total. The summed E-state index contributed by atoms with van der Waals surface area (Å²) in [5.74, 6) is -0.320. The molecule has 0 amide bonds. The maximum atomic E-state index is 13.4. The van der Waals surface area contributed by atoms with E-state index in [1.165, 1.54) is 44.6 Å². The van der Waals surface area contributed by atoms with Crippen LogP contribution in [0.5, 0.6) is 5.75 Å². The molecule has 0 radical (unpaired) electrons. The summed E-state index contributed by atoms with van der Waals surface area (Å²) in [6.45, 7) is 4.83. The van der Waals surface area contributed by atoms with Gasteiger partial charge in [0.25, 0.3) is 0 Å². The Labute approximate surface area is 271 Å². The molecular formula is C38H47F3O5. The molecule has 46 heavy (non-hydrogen) atoms. The quantitative estimate of drug-likeness (QED) is 0.0741. The number of carbonyl (C=O) groups is 2. The smallest absolute Gasteiger partial charge is 0.494 e. The van der Waals surface area contributed by atoms with Gasteiger partial charge in [-0.3, -0.25) is 0 Å². The maximum Gasteiger partial charge on any atom is 0.517 e. The van der Waals surface area contributed by atoms with Gasteiger partial charge in [-0.25, -0.2) is 9.59 Å². The lowest BCUT2D eigenvalue weighted by molar-refractivity contribution is -0.209. The number of hydrogen-bond donors (Lipinski definition) is 0. The number of unbranched alkanes of at least 4 members (excludes halogenated alkanes) is 10. The van der Waals surface area contributed by atoms with Crippen molar-refractivity contribution in [3.05, 3.63) is 78.4 Å². The summed E-state index contributed by atoms with van der Waals surface area (Å²) in [5.41, 5.74) is 3.23. The lowest BCUT2D eigenvalue weighted by atomic mass is 9.93. The van der Waals surface area contributed by atoms with Crippen LogP contribution in [-0.4, -0.2) is 31.0 Å². The van der Waals surface area contributed by atoms with E-state index >= 15 is 0 Å². The van der Waals surface area contributed by atoms with Crippen molar-refractivity contribution in [1.82, 2.24) is 0 Å². The number of alkyl halides is 3. The van der Waals surface area contributed by atoms with Crippen molar-refractivity contribution in [2.24, 2.45) is 0 Å². The van der Waals surface area contributed by atoms with Crippen LogP contribution in [0.3, 0.4) is 0 Å². The lowest BCUT2D eigenvalue weighted by Gasteiger charge is -2.20. The van der Waals surface area contributed by atoms with Crippen LogP contribution in [0.1, 0.15) is 108 Å². The Morgan fingerprint density at radius 3 is 1.89 bits per heavy atom. The maximum absolute atomic E-state index is 13.4. The third kappa shape index (κ3) is 12.5. The van der Waals surface area contributed by atoms with Gasteiger partial charge in [0.2, 0.25) is 6.10 Å². The Morgan fingerprint density at radius 1 is 0.674 bits per heavy atom. The Balaban J connectivity index is 1.65. The van der Waals surface area contributed by atoms with Crippen molar-refractivity contribution in [2.75, 3.05) is 6.61 Å². The highest BCUT2D eigenvalue weighted by Crippen LogP contribution is 2.34. The van der Waals surface area contributed by atoms with Gasteiger partial charge >= 0.3 is 18.3 Å². The van der Waals surface area contributed by atoms with Crippen LogP contribution >= 0.6 is 0 Å². The summed E-state index contributed by atoms with van der Waals surface area (Å²) in [7, 11) is 0. The van der Waals surface area contributed by atoms with Crippen molar-refractivity contribution in [2.45, 2.75) is 110 Å². The summed E-state index contributed by atoms with van der Waals surface area (Å²) in [6.07, 6.45) is 3.18. The Bertz CT molecular complexity index is 1320. The molecule has 8 heteroatoms. The minimum atomic E-state index is -4.76. The summed E-state index contributed by atoms with van der Waals surface area (Å²) in [5, 5.41) is 0. The van der Waals surface area contributed by atoms with Crippen molar-refractivity contribution < 1.29 is 37.0 Å². The molecule has 0 aliphatic carbocycles. The first kappa shape index (κ1) is 36.7. The van der Waals surface area contributed by atoms with Crippen molar-refractivity contribution >= 4 is 12.1 Å². The molecule has 0 saturated heterocycles. The number of ether oxygens (including phenoxy) is 3. The van der Waals surface area contributed by atoms with Gasteiger partial charge in [0.05, 0.1) is 12.2 Å². The molecule has 0 spiro atoms. The average molecular weight is 641 g/mol. The second kappa shape index (κ2) is 19.6. The Kier molecular flexibility index (Phi) is 15.7. The minimum Gasteiger partial charge on any atom is -0.494 e. The second-order valence-corrected chi connectivity index (χ2v) is 11.6. The molecular weight excluding hydrogens is 593 g/mol. The zero-order chi connectivity index (χ0) is 33.2. The fourth-order valence-corrected chi connectivity index (χ4v) is 5.26. The third-order valence-electron chi connectivity index (χ3n) is 7.87. The fourth-order valence-electron chi connectivity index (χ4n) is 5.26. The SMILES string of the molecule is CCCCCCCCCCOc1ccc(-c2ccc(C(=O)OC(=O)OC(CCCCCC)C(F)(F)F)cc2-c2ccccc2)cc1. The first-order valence-corrected chi connectivity index (χ1v) is 16.6. The van der Waals surface area contributed by atoms with Gasteiger partial charge in [-0.15, -0.1) is 0 Å². The van der Waals surface area contributed by atoms with Crippen LogP contribution in [0.15, 0.2) is 72.8 Å².